The molecule has 0 radical (unpaired) electrons. The van der Waals surface area contributed by atoms with Gasteiger partial charge < -0.3 is 10.2 Å². The Labute approximate surface area is 146 Å². The highest BCUT2D eigenvalue weighted by atomic mass is 19.1. The molecule has 0 bridgehead atoms. The van der Waals surface area contributed by atoms with Gasteiger partial charge in [0.1, 0.15) is 5.82 Å². The Morgan fingerprint density at radius 2 is 1.96 bits per heavy atom. The number of hydrogen-bond donors (Lipinski definition) is 1. The quantitative estimate of drug-likeness (QED) is 0.800. The number of pyridine rings is 1. The van der Waals surface area contributed by atoms with E-state index in [-0.39, 0.29) is 24.1 Å². The minimum absolute atomic E-state index is 0.128. The van der Waals surface area contributed by atoms with Crippen molar-refractivity contribution in [1.29, 1.82) is 0 Å². The van der Waals surface area contributed by atoms with E-state index in [1.54, 1.807) is 35.5 Å². The molecule has 2 rings (SSSR count). The minimum Gasteiger partial charge on any atom is -0.352 e. The van der Waals surface area contributed by atoms with Crippen LogP contribution in [0.4, 0.5) is 4.39 Å². The van der Waals surface area contributed by atoms with E-state index >= 15 is 0 Å². The number of nitrogens with zero attached hydrogens (tertiary/aromatic N) is 2. The second-order valence-electron chi connectivity index (χ2n) is 5.74. The monoisotopic (exact) mass is 343 g/mol. The van der Waals surface area contributed by atoms with Crippen molar-refractivity contribution in [3.8, 4) is 0 Å². The van der Waals surface area contributed by atoms with Crippen LogP contribution in [0.3, 0.4) is 0 Å². The van der Waals surface area contributed by atoms with Crippen LogP contribution in [-0.4, -0.2) is 34.8 Å². The van der Waals surface area contributed by atoms with Crippen LogP contribution in [0, 0.1) is 5.82 Å². The van der Waals surface area contributed by atoms with Gasteiger partial charge in [0.25, 0.3) is 0 Å². The van der Waals surface area contributed by atoms with Crippen molar-refractivity contribution in [2.24, 2.45) is 0 Å². The molecule has 1 N–H and O–H groups in total. The Bertz CT molecular complexity index is 707. The van der Waals surface area contributed by atoms with Crippen LogP contribution in [0.1, 0.15) is 24.5 Å². The number of hydrogen-bond acceptors (Lipinski definition) is 3. The van der Waals surface area contributed by atoms with Crippen LogP contribution in [0.15, 0.2) is 48.8 Å². The van der Waals surface area contributed by atoms with E-state index < -0.39 is 0 Å². The fraction of sp³-hybridized carbons (Fsp3) is 0.316. The average Bonchev–Trinajstić information content (AvgIpc) is 2.62. The Hall–Kier alpha value is -2.76. The first-order chi connectivity index (χ1) is 12.1. The summed E-state index contributed by atoms with van der Waals surface area (Å²) in [6.07, 6.45) is 3.99. The number of carbonyl (C=O) groups excluding carboxylic acids is 2. The second kappa shape index (κ2) is 9.52. The van der Waals surface area contributed by atoms with Gasteiger partial charge >= 0.3 is 0 Å². The summed E-state index contributed by atoms with van der Waals surface area (Å²) in [5, 5.41) is 2.80. The lowest BCUT2D eigenvalue weighted by Gasteiger charge is -2.21. The molecule has 0 atom stereocenters. The molecule has 0 aliphatic carbocycles. The van der Waals surface area contributed by atoms with E-state index in [9.17, 15) is 14.0 Å². The molecule has 6 heteroatoms. The van der Waals surface area contributed by atoms with Crippen molar-refractivity contribution in [3.05, 3.63) is 65.7 Å². The molecule has 0 fully saturated rings. The van der Waals surface area contributed by atoms with Crippen LogP contribution >= 0.6 is 0 Å². The van der Waals surface area contributed by atoms with Gasteiger partial charge in [-0.1, -0.05) is 24.3 Å². The maximum absolute atomic E-state index is 13.6. The third kappa shape index (κ3) is 6.33. The third-order valence-electron chi connectivity index (χ3n) is 3.88. The normalized spacial score (nSPS) is 10.3. The van der Waals surface area contributed by atoms with E-state index in [1.165, 1.54) is 13.0 Å². The zero-order chi connectivity index (χ0) is 18.1. The maximum Gasteiger partial charge on any atom is 0.222 e. The first kappa shape index (κ1) is 18.6. The van der Waals surface area contributed by atoms with Crippen LogP contribution in [-0.2, 0) is 22.6 Å². The highest BCUT2D eigenvalue weighted by molar-refractivity contribution is 5.78. The molecule has 0 saturated heterocycles. The number of aromatic nitrogens is 1. The van der Waals surface area contributed by atoms with Crippen molar-refractivity contribution in [1.82, 2.24) is 15.2 Å². The van der Waals surface area contributed by atoms with Gasteiger partial charge in [0.15, 0.2) is 0 Å². The topological polar surface area (TPSA) is 62.3 Å². The van der Waals surface area contributed by atoms with Gasteiger partial charge in [0, 0.05) is 45.4 Å². The van der Waals surface area contributed by atoms with Crippen LogP contribution in [0.2, 0.25) is 0 Å². The summed E-state index contributed by atoms with van der Waals surface area (Å²) in [6, 6.07) is 10.2. The number of amides is 2. The van der Waals surface area contributed by atoms with Gasteiger partial charge in [0.2, 0.25) is 11.8 Å². The first-order valence-electron chi connectivity index (χ1n) is 8.21. The lowest BCUT2D eigenvalue weighted by molar-refractivity contribution is -0.129. The predicted molar refractivity (Wildman–Crippen MR) is 93.1 cm³/mol. The summed E-state index contributed by atoms with van der Waals surface area (Å²) < 4.78 is 13.6. The van der Waals surface area contributed by atoms with E-state index in [0.717, 1.165) is 5.56 Å². The summed E-state index contributed by atoms with van der Waals surface area (Å²) in [7, 11) is 0. The molecular formula is C19H22FN3O2. The van der Waals surface area contributed by atoms with Gasteiger partial charge in [-0.3, -0.25) is 14.6 Å². The van der Waals surface area contributed by atoms with Gasteiger partial charge in [0.05, 0.1) is 0 Å². The molecule has 1 aromatic heterocycles. The van der Waals surface area contributed by atoms with Crippen LogP contribution < -0.4 is 5.32 Å². The van der Waals surface area contributed by atoms with E-state index in [4.69, 9.17) is 0 Å². The fourth-order valence-corrected chi connectivity index (χ4v) is 2.41. The summed E-state index contributed by atoms with van der Waals surface area (Å²) in [6.45, 7) is 2.55. The summed E-state index contributed by atoms with van der Waals surface area (Å²) in [4.78, 5) is 29.2. The number of nitrogens with one attached hydrogen (secondary N) is 1. The van der Waals surface area contributed by atoms with Gasteiger partial charge in [-0.25, -0.2) is 4.39 Å². The first-order valence-corrected chi connectivity index (χ1v) is 8.21. The van der Waals surface area contributed by atoms with Crippen LogP contribution in [0.5, 0.6) is 0 Å². The van der Waals surface area contributed by atoms with E-state index in [2.05, 4.69) is 10.3 Å². The molecule has 25 heavy (non-hydrogen) atoms. The molecular weight excluding hydrogens is 321 g/mol. The standard InChI is InChI=1S/C19H22FN3O2/c1-15(24)23(11-8-17-6-2-3-7-18(17)20)12-9-19(25)22-14-16-5-4-10-21-13-16/h2-7,10,13H,8-9,11-12,14H2,1H3,(H,22,25). The molecule has 2 amide bonds. The van der Waals surface area contributed by atoms with E-state index in [0.29, 0.717) is 31.6 Å². The number of halogens is 1. The van der Waals surface area contributed by atoms with Crippen molar-refractivity contribution < 1.29 is 14.0 Å². The Morgan fingerprint density at radius 1 is 1.16 bits per heavy atom. The third-order valence-corrected chi connectivity index (χ3v) is 3.88. The van der Waals surface area contributed by atoms with Crippen LogP contribution in [0.25, 0.3) is 0 Å². The molecule has 0 spiro atoms. The zero-order valence-electron chi connectivity index (χ0n) is 14.2. The fourth-order valence-electron chi connectivity index (χ4n) is 2.41. The maximum atomic E-state index is 13.6. The van der Waals surface area contributed by atoms with Gasteiger partial charge in [-0.15, -0.1) is 0 Å². The molecule has 132 valence electrons. The molecule has 0 aliphatic rings. The van der Waals surface area contributed by atoms with Crippen molar-refractivity contribution >= 4 is 11.8 Å². The lowest BCUT2D eigenvalue weighted by Crippen LogP contribution is -2.35. The smallest absolute Gasteiger partial charge is 0.222 e. The largest absolute Gasteiger partial charge is 0.352 e. The van der Waals surface area contributed by atoms with Crippen molar-refractivity contribution in [2.45, 2.75) is 26.3 Å². The Balaban J connectivity index is 1.78. The molecule has 1 aromatic carbocycles. The zero-order valence-corrected chi connectivity index (χ0v) is 14.2. The van der Waals surface area contributed by atoms with Crippen molar-refractivity contribution in [2.75, 3.05) is 13.1 Å². The summed E-state index contributed by atoms with van der Waals surface area (Å²) >= 11 is 0. The molecule has 1 heterocycles. The number of carbonyl (C=O) groups is 2. The van der Waals surface area contributed by atoms with Crippen molar-refractivity contribution in [3.63, 3.8) is 0 Å². The highest BCUT2D eigenvalue weighted by Crippen LogP contribution is 2.08. The number of rotatable bonds is 8. The van der Waals surface area contributed by atoms with E-state index in [1.807, 2.05) is 12.1 Å². The van der Waals surface area contributed by atoms with Gasteiger partial charge in [-0.2, -0.15) is 0 Å². The minimum atomic E-state index is -0.278. The predicted octanol–water partition coefficient (Wildman–Crippen LogP) is 2.32. The summed E-state index contributed by atoms with van der Waals surface area (Å²) in [5.41, 5.74) is 1.48. The number of benzene rings is 1. The summed E-state index contributed by atoms with van der Waals surface area (Å²) in [5.74, 6) is -0.544. The Morgan fingerprint density at radius 3 is 2.64 bits per heavy atom. The highest BCUT2D eigenvalue weighted by Gasteiger charge is 2.12. The lowest BCUT2D eigenvalue weighted by atomic mass is 10.1. The Kier molecular flexibility index (Phi) is 7.07. The van der Waals surface area contributed by atoms with Gasteiger partial charge in [-0.05, 0) is 29.7 Å². The molecule has 5 nitrogen and oxygen atoms in total. The SMILES string of the molecule is CC(=O)N(CCC(=O)NCc1cccnc1)CCc1ccccc1F. The molecule has 2 aromatic rings. The second-order valence-corrected chi connectivity index (χ2v) is 5.74. The molecule has 0 aliphatic heterocycles. The molecule has 0 unspecified atom stereocenters. The molecule has 0 saturated carbocycles. The average molecular weight is 343 g/mol.